The average molecular weight is 244 g/mol. The van der Waals surface area contributed by atoms with E-state index in [0.717, 1.165) is 18.8 Å². The second kappa shape index (κ2) is 6.33. The van der Waals surface area contributed by atoms with E-state index in [1.54, 1.807) is 0 Å². The number of imidazole rings is 1. The van der Waals surface area contributed by atoms with Crippen LogP contribution < -0.4 is 11.1 Å². The zero-order valence-electron chi connectivity index (χ0n) is 10.7. The maximum atomic E-state index is 5.85. The summed E-state index contributed by atoms with van der Waals surface area (Å²) in [5, 5.41) is 3.48. The van der Waals surface area contributed by atoms with Crippen LogP contribution in [0.1, 0.15) is 24.2 Å². The van der Waals surface area contributed by atoms with Gasteiger partial charge < -0.3 is 15.6 Å². The highest BCUT2D eigenvalue weighted by Gasteiger charge is 2.13. The van der Waals surface area contributed by atoms with E-state index in [-0.39, 0.29) is 6.04 Å². The van der Waals surface area contributed by atoms with Crippen molar-refractivity contribution >= 4 is 0 Å². The van der Waals surface area contributed by atoms with Gasteiger partial charge in [0.25, 0.3) is 0 Å². The molecule has 0 saturated carbocycles. The lowest BCUT2D eigenvalue weighted by Gasteiger charge is -2.18. The van der Waals surface area contributed by atoms with Gasteiger partial charge in [0.1, 0.15) is 0 Å². The monoisotopic (exact) mass is 244 g/mol. The van der Waals surface area contributed by atoms with Crippen LogP contribution >= 0.6 is 0 Å². The number of hydrogen-bond donors (Lipinski definition) is 2. The molecule has 1 atom stereocenters. The summed E-state index contributed by atoms with van der Waals surface area (Å²) >= 11 is 0. The number of nitrogens with two attached hydrogens (primary N) is 1. The maximum absolute atomic E-state index is 5.85. The van der Waals surface area contributed by atoms with Crippen molar-refractivity contribution in [3.8, 4) is 0 Å². The van der Waals surface area contributed by atoms with E-state index in [2.05, 4.69) is 33.9 Å². The fraction of sp³-hybridized carbons (Fsp3) is 0.357. The normalized spacial score (nSPS) is 12.6. The zero-order valence-corrected chi connectivity index (χ0v) is 10.7. The molecule has 0 aliphatic carbocycles. The van der Waals surface area contributed by atoms with Crippen molar-refractivity contribution < 1.29 is 0 Å². The van der Waals surface area contributed by atoms with Gasteiger partial charge in [-0.3, -0.25) is 0 Å². The Bertz CT molecular complexity index is 464. The molecule has 1 aromatic heterocycles. The SMILES string of the molecule is CCn1cncc1C(CN)NCc1ccccc1. The highest BCUT2D eigenvalue weighted by molar-refractivity contribution is 5.15. The van der Waals surface area contributed by atoms with E-state index in [1.807, 2.05) is 30.7 Å². The Balaban J connectivity index is 2.02. The molecule has 1 heterocycles. The molecule has 0 spiro atoms. The van der Waals surface area contributed by atoms with Crippen LogP contribution in [0.2, 0.25) is 0 Å². The minimum atomic E-state index is 0.146. The predicted molar refractivity (Wildman–Crippen MR) is 73.0 cm³/mol. The van der Waals surface area contributed by atoms with Crippen molar-refractivity contribution in [2.75, 3.05) is 6.54 Å². The third-order valence-corrected chi connectivity index (χ3v) is 3.07. The van der Waals surface area contributed by atoms with Gasteiger partial charge in [0.2, 0.25) is 0 Å². The van der Waals surface area contributed by atoms with Gasteiger partial charge in [-0.2, -0.15) is 0 Å². The molecule has 0 fully saturated rings. The van der Waals surface area contributed by atoms with E-state index in [0.29, 0.717) is 6.54 Å². The van der Waals surface area contributed by atoms with Gasteiger partial charge in [-0.1, -0.05) is 30.3 Å². The van der Waals surface area contributed by atoms with E-state index in [4.69, 9.17) is 5.73 Å². The van der Waals surface area contributed by atoms with Gasteiger partial charge >= 0.3 is 0 Å². The summed E-state index contributed by atoms with van der Waals surface area (Å²) in [5.74, 6) is 0. The third kappa shape index (κ3) is 2.97. The molecule has 3 N–H and O–H groups in total. The van der Waals surface area contributed by atoms with Gasteiger partial charge in [-0.05, 0) is 12.5 Å². The molecule has 18 heavy (non-hydrogen) atoms. The number of hydrogen-bond acceptors (Lipinski definition) is 3. The molecular weight excluding hydrogens is 224 g/mol. The van der Waals surface area contributed by atoms with Crippen molar-refractivity contribution in [3.05, 3.63) is 54.1 Å². The lowest BCUT2D eigenvalue weighted by molar-refractivity contribution is 0.505. The van der Waals surface area contributed by atoms with Gasteiger partial charge in [0.15, 0.2) is 0 Å². The molecule has 1 aromatic carbocycles. The van der Waals surface area contributed by atoms with Crippen LogP contribution in [0.3, 0.4) is 0 Å². The molecule has 0 aliphatic rings. The van der Waals surface area contributed by atoms with Gasteiger partial charge in [0.05, 0.1) is 18.1 Å². The van der Waals surface area contributed by atoms with Crippen molar-refractivity contribution in [2.24, 2.45) is 5.73 Å². The first-order chi connectivity index (χ1) is 8.85. The number of aryl methyl sites for hydroxylation is 1. The number of benzene rings is 1. The lowest BCUT2D eigenvalue weighted by atomic mass is 10.1. The molecule has 0 aliphatic heterocycles. The molecule has 0 radical (unpaired) electrons. The van der Waals surface area contributed by atoms with Gasteiger partial charge in [-0.25, -0.2) is 4.98 Å². The fourth-order valence-corrected chi connectivity index (χ4v) is 2.03. The number of nitrogens with zero attached hydrogens (tertiary/aromatic N) is 2. The van der Waals surface area contributed by atoms with Crippen LogP contribution in [0.15, 0.2) is 42.9 Å². The first kappa shape index (κ1) is 12.8. The van der Waals surface area contributed by atoms with Crippen LogP contribution in [0.5, 0.6) is 0 Å². The smallest absolute Gasteiger partial charge is 0.0948 e. The van der Waals surface area contributed by atoms with Gasteiger partial charge in [-0.15, -0.1) is 0 Å². The summed E-state index contributed by atoms with van der Waals surface area (Å²) in [6.07, 6.45) is 3.74. The largest absolute Gasteiger partial charge is 0.333 e. The van der Waals surface area contributed by atoms with E-state index in [9.17, 15) is 0 Å². The maximum Gasteiger partial charge on any atom is 0.0948 e. The summed E-state index contributed by atoms with van der Waals surface area (Å²) in [7, 11) is 0. The molecule has 0 bridgehead atoms. The molecule has 1 unspecified atom stereocenters. The molecule has 96 valence electrons. The second-order valence-electron chi connectivity index (χ2n) is 4.26. The van der Waals surface area contributed by atoms with Crippen LogP contribution in [0, 0.1) is 0 Å². The van der Waals surface area contributed by atoms with Crippen LogP contribution in [-0.2, 0) is 13.1 Å². The molecule has 0 amide bonds. The molecule has 2 rings (SSSR count). The quantitative estimate of drug-likeness (QED) is 0.813. The summed E-state index contributed by atoms with van der Waals surface area (Å²) in [5.41, 5.74) is 8.26. The minimum Gasteiger partial charge on any atom is -0.333 e. The van der Waals surface area contributed by atoms with Crippen LogP contribution in [0.4, 0.5) is 0 Å². The Hall–Kier alpha value is -1.65. The van der Waals surface area contributed by atoms with Crippen molar-refractivity contribution in [3.63, 3.8) is 0 Å². The van der Waals surface area contributed by atoms with Crippen LogP contribution in [0.25, 0.3) is 0 Å². The summed E-state index contributed by atoms with van der Waals surface area (Å²) in [6.45, 7) is 4.41. The highest BCUT2D eigenvalue weighted by atomic mass is 15.1. The van der Waals surface area contributed by atoms with Crippen molar-refractivity contribution in [1.82, 2.24) is 14.9 Å². The molecule has 4 heteroatoms. The first-order valence-corrected chi connectivity index (χ1v) is 6.32. The second-order valence-corrected chi connectivity index (χ2v) is 4.26. The van der Waals surface area contributed by atoms with E-state index < -0.39 is 0 Å². The molecule has 4 nitrogen and oxygen atoms in total. The summed E-state index contributed by atoms with van der Waals surface area (Å²) in [6, 6.07) is 10.5. The van der Waals surface area contributed by atoms with Gasteiger partial charge in [0, 0.05) is 25.8 Å². The highest BCUT2D eigenvalue weighted by Crippen LogP contribution is 2.12. The minimum absolute atomic E-state index is 0.146. The Morgan fingerprint density at radius 1 is 1.33 bits per heavy atom. The van der Waals surface area contributed by atoms with Crippen molar-refractivity contribution in [1.29, 1.82) is 0 Å². The Morgan fingerprint density at radius 3 is 2.78 bits per heavy atom. The Kier molecular flexibility index (Phi) is 4.50. The van der Waals surface area contributed by atoms with Crippen molar-refractivity contribution in [2.45, 2.75) is 26.1 Å². The number of nitrogens with one attached hydrogen (secondary N) is 1. The summed E-state index contributed by atoms with van der Waals surface area (Å²) in [4.78, 5) is 4.18. The zero-order chi connectivity index (χ0) is 12.8. The number of aromatic nitrogens is 2. The Morgan fingerprint density at radius 2 is 2.11 bits per heavy atom. The summed E-state index contributed by atoms with van der Waals surface area (Å²) < 4.78 is 2.12. The average Bonchev–Trinajstić information content (AvgIpc) is 2.89. The fourth-order valence-electron chi connectivity index (χ4n) is 2.03. The standard InChI is InChI=1S/C14H20N4/c1-2-18-11-16-10-14(18)13(8-15)17-9-12-6-4-3-5-7-12/h3-7,10-11,13,17H,2,8-9,15H2,1H3. The van der Waals surface area contributed by atoms with E-state index in [1.165, 1.54) is 5.56 Å². The topological polar surface area (TPSA) is 55.9 Å². The first-order valence-electron chi connectivity index (χ1n) is 6.32. The predicted octanol–water partition coefficient (Wildman–Crippen LogP) is 1.69. The molecular formula is C14H20N4. The van der Waals surface area contributed by atoms with Crippen LogP contribution in [-0.4, -0.2) is 16.1 Å². The third-order valence-electron chi connectivity index (χ3n) is 3.07. The molecule has 2 aromatic rings. The number of rotatable bonds is 6. The lowest BCUT2D eigenvalue weighted by Crippen LogP contribution is -2.29. The Labute approximate surface area is 108 Å². The van der Waals surface area contributed by atoms with E-state index >= 15 is 0 Å². The molecule has 0 saturated heterocycles.